The van der Waals surface area contributed by atoms with Crippen molar-refractivity contribution < 1.29 is 14.7 Å². The first-order chi connectivity index (χ1) is 9.65. The summed E-state index contributed by atoms with van der Waals surface area (Å²) >= 11 is 1.68. The van der Waals surface area contributed by atoms with Gasteiger partial charge in [0.05, 0.1) is 0 Å². The second kappa shape index (κ2) is 7.33. The molecule has 0 spiro atoms. The van der Waals surface area contributed by atoms with Crippen LogP contribution >= 0.6 is 11.8 Å². The summed E-state index contributed by atoms with van der Waals surface area (Å²) in [5.41, 5.74) is 0. The highest BCUT2D eigenvalue weighted by Crippen LogP contribution is 2.22. The van der Waals surface area contributed by atoms with E-state index in [1.807, 2.05) is 30.3 Å². The van der Waals surface area contributed by atoms with Crippen LogP contribution in [0, 0.1) is 5.92 Å². The second-order valence-corrected chi connectivity index (χ2v) is 6.17. The van der Waals surface area contributed by atoms with Crippen LogP contribution in [0.1, 0.15) is 19.3 Å². The van der Waals surface area contributed by atoms with Crippen molar-refractivity contribution in [2.24, 2.45) is 5.92 Å². The van der Waals surface area contributed by atoms with Crippen LogP contribution in [0.3, 0.4) is 0 Å². The van der Waals surface area contributed by atoms with Crippen LogP contribution in [-0.2, 0) is 9.59 Å². The summed E-state index contributed by atoms with van der Waals surface area (Å²) in [6, 6.07) is 10.0. The van der Waals surface area contributed by atoms with Crippen LogP contribution in [0.4, 0.5) is 0 Å². The Labute approximate surface area is 123 Å². The van der Waals surface area contributed by atoms with Gasteiger partial charge in [0.1, 0.15) is 0 Å². The number of carboxylic acid groups (broad SMARTS) is 1. The van der Waals surface area contributed by atoms with Gasteiger partial charge in [0.2, 0.25) is 5.91 Å². The summed E-state index contributed by atoms with van der Waals surface area (Å²) in [6.07, 6.45) is 1.49. The van der Waals surface area contributed by atoms with Gasteiger partial charge in [-0.15, -0.1) is 11.8 Å². The summed E-state index contributed by atoms with van der Waals surface area (Å²) in [5.74, 6) is 0.256. The maximum Gasteiger partial charge on any atom is 0.303 e. The first-order valence-electron chi connectivity index (χ1n) is 6.82. The third-order valence-electron chi connectivity index (χ3n) is 3.43. The topological polar surface area (TPSA) is 57.6 Å². The first kappa shape index (κ1) is 14.9. The van der Waals surface area contributed by atoms with Crippen molar-refractivity contribution in [3.8, 4) is 0 Å². The number of likely N-dealkylation sites (tertiary alicyclic amines) is 1. The van der Waals surface area contributed by atoms with Crippen LogP contribution in [0.5, 0.6) is 0 Å². The molecule has 1 aromatic carbocycles. The first-order valence-corrected chi connectivity index (χ1v) is 7.81. The van der Waals surface area contributed by atoms with Gasteiger partial charge in [0.15, 0.2) is 0 Å². The fourth-order valence-corrected chi connectivity index (χ4v) is 3.27. The van der Waals surface area contributed by atoms with E-state index in [-0.39, 0.29) is 18.2 Å². The fourth-order valence-electron chi connectivity index (χ4n) is 2.40. The molecule has 1 amide bonds. The molecule has 1 fully saturated rings. The summed E-state index contributed by atoms with van der Waals surface area (Å²) in [6.45, 7) is 1.30. The summed E-state index contributed by atoms with van der Waals surface area (Å²) in [4.78, 5) is 25.7. The van der Waals surface area contributed by atoms with Gasteiger partial charge in [-0.25, -0.2) is 0 Å². The van der Waals surface area contributed by atoms with Crippen LogP contribution in [0.2, 0.25) is 0 Å². The Morgan fingerprint density at radius 2 is 2.05 bits per heavy atom. The molecule has 1 atom stereocenters. The van der Waals surface area contributed by atoms with Crippen LogP contribution in [0.25, 0.3) is 0 Å². The smallest absolute Gasteiger partial charge is 0.303 e. The molecule has 0 saturated carbocycles. The monoisotopic (exact) mass is 293 g/mol. The molecular formula is C15H19NO3S. The van der Waals surface area contributed by atoms with Crippen molar-refractivity contribution in [3.63, 3.8) is 0 Å². The molecule has 1 aliphatic rings. The molecule has 5 heteroatoms. The van der Waals surface area contributed by atoms with Gasteiger partial charge in [-0.2, -0.15) is 0 Å². The third-order valence-corrected chi connectivity index (χ3v) is 4.44. The fraction of sp³-hybridized carbons (Fsp3) is 0.467. The molecule has 1 aliphatic heterocycles. The van der Waals surface area contributed by atoms with Gasteiger partial charge in [0, 0.05) is 36.6 Å². The zero-order valence-electron chi connectivity index (χ0n) is 11.3. The Morgan fingerprint density at radius 3 is 2.75 bits per heavy atom. The number of nitrogens with zero attached hydrogens (tertiary/aromatic N) is 1. The van der Waals surface area contributed by atoms with E-state index in [9.17, 15) is 9.59 Å². The molecule has 1 unspecified atom stereocenters. The molecule has 0 aliphatic carbocycles. The molecule has 1 saturated heterocycles. The van der Waals surface area contributed by atoms with Gasteiger partial charge in [-0.05, 0) is 24.5 Å². The number of thioether (sulfide) groups is 1. The van der Waals surface area contributed by atoms with Crippen molar-refractivity contribution in [1.29, 1.82) is 0 Å². The predicted octanol–water partition coefficient (Wildman–Crippen LogP) is 2.49. The number of carbonyl (C=O) groups excluding carboxylic acids is 1. The number of hydrogen-bond donors (Lipinski definition) is 1. The van der Waals surface area contributed by atoms with E-state index in [4.69, 9.17) is 5.11 Å². The molecule has 20 heavy (non-hydrogen) atoms. The molecule has 1 heterocycles. The molecule has 108 valence electrons. The minimum absolute atomic E-state index is 0.123. The lowest BCUT2D eigenvalue weighted by atomic mass is 10.1. The number of hydrogen-bond acceptors (Lipinski definition) is 3. The zero-order chi connectivity index (χ0) is 14.4. The van der Waals surface area contributed by atoms with E-state index in [1.54, 1.807) is 16.7 Å². The lowest BCUT2D eigenvalue weighted by molar-refractivity contribution is -0.138. The summed E-state index contributed by atoms with van der Waals surface area (Å²) < 4.78 is 0. The standard InChI is InChI=1S/C15H19NO3S/c17-14(7-9-20-13-4-2-1-3-5-13)16-8-6-12(11-16)10-15(18)19/h1-5,12H,6-11H2,(H,18,19). The Bertz CT molecular complexity index is 463. The largest absolute Gasteiger partial charge is 0.481 e. The number of amides is 1. The van der Waals surface area contributed by atoms with Crippen molar-refractivity contribution >= 4 is 23.6 Å². The van der Waals surface area contributed by atoms with Crippen LogP contribution in [-0.4, -0.2) is 40.7 Å². The predicted molar refractivity (Wildman–Crippen MR) is 78.7 cm³/mol. The lowest BCUT2D eigenvalue weighted by Gasteiger charge is -2.16. The highest BCUT2D eigenvalue weighted by Gasteiger charge is 2.27. The van der Waals surface area contributed by atoms with E-state index in [0.29, 0.717) is 19.5 Å². The molecule has 0 bridgehead atoms. The Hall–Kier alpha value is -1.49. The highest BCUT2D eigenvalue weighted by atomic mass is 32.2. The average Bonchev–Trinajstić information content (AvgIpc) is 2.87. The molecular weight excluding hydrogens is 274 g/mol. The maximum atomic E-state index is 12.0. The van der Waals surface area contributed by atoms with E-state index in [0.717, 1.165) is 12.2 Å². The van der Waals surface area contributed by atoms with E-state index in [1.165, 1.54) is 4.90 Å². The Balaban J connectivity index is 1.69. The number of carboxylic acids is 1. The van der Waals surface area contributed by atoms with E-state index >= 15 is 0 Å². The third kappa shape index (κ3) is 4.56. The molecule has 4 nitrogen and oxygen atoms in total. The van der Waals surface area contributed by atoms with Crippen LogP contribution in [0.15, 0.2) is 35.2 Å². The van der Waals surface area contributed by atoms with Gasteiger partial charge in [0.25, 0.3) is 0 Å². The van der Waals surface area contributed by atoms with E-state index in [2.05, 4.69) is 0 Å². The van der Waals surface area contributed by atoms with Gasteiger partial charge >= 0.3 is 5.97 Å². The quantitative estimate of drug-likeness (QED) is 0.819. The SMILES string of the molecule is O=C(O)CC1CCN(C(=O)CCSc2ccccc2)C1. The minimum Gasteiger partial charge on any atom is -0.481 e. The zero-order valence-corrected chi connectivity index (χ0v) is 12.1. The molecule has 1 aromatic rings. The lowest BCUT2D eigenvalue weighted by Crippen LogP contribution is -2.29. The van der Waals surface area contributed by atoms with Crippen molar-refractivity contribution in [3.05, 3.63) is 30.3 Å². The Kier molecular flexibility index (Phi) is 5.47. The minimum atomic E-state index is -0.774. The van der Waals surface area contributed by atoms with Crippen molar-refractivity contribution in [2.75, 3.05) is 18.8 Å². The molecule has 0 radical (unpaired) electrons. The molecule has 0 aromatic heterocycles. The summed E-state index contributed by atoms with van der Waals surface area (Å²) in [7, 11) is 0. The summed E-state index contributed by atoms with van der Waals surface area (Å²) in [5, 5.41) is 8.76. The van der Waals surface area contributed by atoms with Crippen molar-refractivity contribution in [1.82, 2.24) is 4.90 Å². The second-order valence-electron chi connectivity index (χ2n) is 5.00. The number of benzene rings is 1. The highest BCUT2D eigenvalue weighted by molar-refractivity contribution is 7.99. The van der Waals surface area contributed by atoms with Gasteiger partial charge in [-0.3, -0.25) is 9.59 Å². The van der Waals surface area contributed by atoms with Gasteiger partial charge in [-0.1, -0.05) is 18.2 Å². The average molecular weight is 293 g/mol. The van der Waals surface area contributed by atoms with Gasteiger partial charge < -0.3 is 10.0 Å². The van der Waals surface area contributed by atoms with Crippen LogP contribution < -0.4 is 0 Å². The maximum absolute atomic E-state index is 12.0. The van der Waals surface area contributed by atoms with E-state index < -0.39 is 5.97 Å². The normalized spacial score (nSPS) is 18.2. The number of rotatable bonds is 6. The molecule has 2 rings (SSSR count). The number of aliphatic carboxylic acids is 1. The Morgan fingerprint density at radius 1 is 1.30 bits per heavy atom. The van der Waals surface area contributed by atoms with Crippen molar-refractivity contribution in [2.45, 2.75) is 24.2 Å². The molecule has 1 N–H and O–H groups in total. The number of carbonyl (C=O) groups is 2.